The van der Waals surface area contributed by atoms with E-state index in [0.717, 1.165) is 6.07 Å². The highest BCUT2D eigenvalue weighted by atomic mass is 19.1. The summed E-state index contributed by atoms with van der Waals surface area (Å²) in [6, 6.07) is 3.97. The number of nitrogens with two attached hydrogens (primary N) is 1. The van der Waals surface area contributed by atoms with Gasteiger partial charge in [0.25, 0.3) is 0 Å². The maximum absolute atomic E-state index is 13.4. The fourth-order valence-corrected chi connectivity index (χ4v) is 1.50. The molecule has 0 aliphatic heterocycles. The minimum atomic E-state index is -1.36. The summed E-state index contributed by atoms with van der Waals surface area (Å²) in [7, 11) is 1.18. The minimum absolute atomic E-state index is 0.0485. The number of carbonyl (C=O) groups excluding carboxylic acids is 1. The number of halogens is 1. The first-order valence-electron chi connectivity index (χ1n) is 5.41. The van der Waals surface area contributed by atoms with E-state index >= 15 is 0 Å². The largest absolute Gasteiger partial charge is 0.469 e. The standard InChI is InChI=1S/C12H16FNO4/c1-18-11(16)5-10(15)12(17)7-2-3-8(6-14)9(13)4-7/h2-4,10,12,15,17H,5-6,14H2,1H3. The Hall–Kier alpha value is -1.50. The second kappa shape index (κ2) is 6.44. The van der Waals surface area contributed by atoms with E-state index in [9.17, 15) is 19.4 Å². The molecule has 6 heteroatoms. The maximum atomic E-state index is 13.4. The molecule has 0 heterocycles. The van der Waals surface area contributed by atoms with Crippen molar-refractivity contribution in [3.63, 3.8) is 0 Å². The molecule has 0 saturated carbocycles. The van der Waals surface area contributed by atoms with Crippen LogP contribution in [-0.2, 0) is 16.1 Å². The molecular weight excluding hydrogens is 241 g/mol. The van der Waals surface area contributed by atoms with Gasteiger partial charge in [-0.3, -0.25) is 4.79 Å². The molecule has 1 aromatic rings. The summed E-state index contributed by atoms with van der Waals surface area (Å²) in [5, 5.41) is 19.4. The van der Waals surface area contributed by atoms with Crippen LogP contribution in [0.25, 0.3) is 0 Å². The van der Waals surface area contributed by atoms with E-state index in [1.807, 2.05) is 0 Å². The fraction of sp³-hybridized carbons (Fsp3) is 0.417. The zero-order valence-corrected chi connectivity index (χ0v) is 9.97. The number of benzene rings is 1. The van der Waals surface area contributed by atoms with Crippen molar-refractivity contribution in [2.75, 3.05) is 7.11 Å². The first-order chi connectivity index (χ1) is 8.49. The van der Waals surface area contributed by atoms with Gasteiger partial charge in [-0.15, -0.1) is 0 Å². The fourth-order valence-electron chi connectivity index (χ4n) is 1.50. The summed E-state index contributed by atoms with van der Waals surface area (Å²) in [4.78, 5) is 10.9. The number of esters is 1. The van der Waals surface area contributed by atoms with Crippen LogP contribution in [0.1, 0.15) is 23.7 Å². The Balaban J connectivity index is 2.80. The molecule has 1 aromatic carbocycles. The quantitative estimate of drug-likeness (QED) is 0.657. The molecule has 18 heavy (non-hydrogen) atoms. The molecule has 1 rings (SSSR count). The van der Waals surface area contributed by atoms with Gasteiger partial charge in [0.05, 0.1) is 19.6 Å². The molecule has 4 N–H and O–H groups in total. The van der Waals surface area contributed by atoms with Crippen LogP contribution in [-0.4, -0.2) is 29.4 Å². The van der Waals surface area contributed by atoms with E-state index in [4.69, 9.17) is 5.73 Å². The molecule has 0 spiro atoms. The first-order valence-corrected chi connectivity index (χ1v) is 5.41. The predicted molar refractivity (Wildman–Crippen MR) is 61.9 cm³/mol. The van der Waals surface area contributed by atoms with Gasteiger partial charge in [0, 0.05) is 12.1 Å². The van der Waals surface area contributed by atoms with Crippen molar-refractivity contribution < 1.29 is 24.1 Å². The third kappa shape index (κ3) is 3.49. The van der Waals surface area contributed by atoms with E-state index in [2.05, 4.69) is 4.74 Å². The molecule has 2 atom stereocenters. The van der Waals surface area contributed by atoms with Crippen LogP contribution < -0.4 is 5.73 Å². The molecule has 0 aromatic heterocycles. The molecule has 100 valence electrons. The third-order valence-corrected chi connectivity index (χ3v) is 2.61. The smallest absolute Gasteiger partial charge is 0.308 e. The van der Waals surface area contributed by atoms with Crippen LogP contribution in [0.2, 0.25) is 0 Å². The van der Waals surface area contributed by atoms with Gasteiger partial charge in [-0.2, -0.15) is 0 Å². The summed E-state index contributed by atoms with van der Waals surface area (Å²) in [6.45, 7) is 0.0485. The minimum Gasteiger partial charge on any atom is -0.469 e. The third-order valence-electron chi connectivity index (χ3n) is 2.61. The Morgan fingerprint density at radius 1 is 1.50 bits per heavy atom. The molecule has 2 unspecified atom stereocenters. The number of rotatable bonds is 5. The SMILES string of the molecule is COC(=O)CC(O)C(O)c1ccc(CN)c(F)c1. The monoisotopic (exact) mass is 257 g/mol. The van der Waals surface area contributed by atoms with Gasteiger partial charge < -0.3 is 20.7 Å². The number of carbonyl (C=O) groups is 1. The van der Waals surface area contributed by atoms with E-state index in [1.54, 1.807) is 0 Å². The second-order valence-electron chi connectivity index (χ2n) is 3.85. The second-order valence-corrected chi connectivity index (χ2v) is 3.85. The molecule has 0 aliphatic rings. The van der Waals surface area contributed by atoms with Crippen molar-refractivity contribution in [3.8, 4) is 0 Å². The van der Waals surface area contributed by atoms with Crippen molar-refractivity contribution in [2.45, 2.75) is 25.2 Å². The van der Waals surface area contributed by atoms with Crippen LogP contribution in [0.3, 0.4) is 0 Å². The zero-order chi connectivity index (χ0) is 13.7. The molecule has 0 bridgehead atoms. The normalized spacial score (nSPS) is 14.1. The first kappa shape index (κ1) is 14.6. The number of aliphatic hydroxyl groups is 2. The Morgan fingerprint density at radius 3 is 2.67 bits per heavy atom. The van der Waals surface area contributed by atoms with Gasteiger partial charge in [0.1, 0.15) is 11.9 Å². The topological polar surface area (TPSA) is 92.8 Å². The molecule has 0 fully saturated rings. The van der Waals surface area contributed by atoms with Crippen LogP contribution in [0, 0.1) is 5.82 Å². The van der Waals surface area contributed by atoms with E-state index < -0.39 is 24.0 Å². The summed E-state index contributed by atoms with van der Waals surface area (Å²) in [5.74, 6) is -1.21. The molecule has 5 nitrogen and oxygen atoms in total. The van der Waals surface area contributed by atoms with Gasteiger partial charge in [-0.1, -0.05) is 12.1 Å². The highest BCUT2D eigenvalue weighted by molar-refractivity contribution is 5.69. The highest BCUT2D eigenvalue weighted by Gasteiger charge is 2.22. The number of methoxy groups -OCH3 is 1. The van der Waals surface area contributed by atoms with Gasteiger partial charge in [0.15, 0.2) is 0 Å². The van der Waals surface area contributed by atoms with Crippen LogP contribution in [0.15, 0.2) is 18.2 Å². The number of aliphatic hydroxyl groups excluding tert-OH is 2. The van der Waals surface area contributed by atoms with Crippen LogP contribution >= 0.6 is 0 Å². The molecule has 0 radical (unpaired) electrons. The lowest BCUT2D eigenvalue weighted by Gasteiger charge is -2.17. The summed E-state index contributed by atoms with van der Waals surface area (Å²) >= 11 is 0. The molecule has 0 aliphatic carbocycles. The predicted octanol–water partition coefficient (Wildman–Crippen LogP) is 0.242. The lowest BCUT2D eigenvalue weighted by atomic mass is 10.0. The van der Waals surface area contributed by atoms with Crippen molar-refractivity contribution in [2.24, 2.45) is 5.73 Å². The molecular formula is C12H16FNO4. The van der Waals surface area contributed by atoms with Crippen molar-refractivity contribution in [1.82, 2.24) is 0 Å². The summed E-state index contributed by atoms with van der Waals surface area (Å²) in [5.41, 5.74) is 5.80. The molecule has 0 amide bonds. The van der Waals surface area contributed by atoms with Gasteiger partial charge in [-0.25, -0.2) is 4.39 Å². The Kier molecular flexibility index (Phi) is 5.21. The number of hydrogen-bond donors (Lipinski definition) is 3. The molecule has 0 saturated heterocycles. The number of hydrogen-bond acceptors (Lipinski definition) is 5. The van der Waals surface area contributed by atoms with E-state index in [1.165, 1.54) is 19.2 Å². The van der Waals surface area contributed by atoms with E-state index in [-0.39, 0.29) is 18.5 Å². The van der Waals surface area contributed by atoms with Crippen LogP contribution in [0.5, 0.6) is 0 Å². The summed E-state index contributed by atoms with van der Waals surface area (Å²) < 4.78 is 17.8. The Labute approximate surface area is 104 Å². The summed E-state index contributed by atoms with van der Waals surface area (Å²) in [6.07, 6.45) is -3.07. The van der Waals surface area contributed by atoms with Gasteiger partial charge >= 0.3 is 5.97 Å². The highest BCUT2D eigenvalue weighted by Crippen LogP contribution is 2.21. The van der Waals surface area contributed by atoms with Gasteiger partial charge in [0.2, 0.25) is 0 Å². The number of ether oxygens (including phenoxy) is 1. The Bertz CT molecular complexity index is 425. The average molecular weight is 257 g/mol. The van der Waals surface area contributed by atoms with E-state index in [0.29, 0.717) is 5.56 Å². The Morgan fingerprint density at radius 2 is 2.17 bits per heavy atom. The van der Waals surface area contributed by atoms with Crippen molar-refractivity contribution in [1.29, 1.82) is 0 Å². The van der Waals surface area contributed by atoms with Gasteiger partial charge in [-0.05, 0) is 11.6 Å². The van der Waals surface area contributed by atoms with Crippen molar-refractivity contribution in [3.05, 3.63) is 35.1 Å². The lowest BCUT2D eigenvalue weighted by Crippen LogP contribution is -2.22. The zero-order valence-electron chi connectivity index (χ0n) is 9.97. The van der Waals surface area contributed by atoms with Crippen molar-refractivity contribution >= 4 is 5.97 Å². The maximum Gasteiger partial charge on any atom is 0.308 e. The van der Waals surface area contributed by atoms with Crippen LogP contribution in [0.4, 0.5) is 4.39 Å². The average Bonchev–Trinajstić information content (AvgIpc) is 2.37. The lowest BCUT2D eigenvalue weighted by molar-refractivity contribution is -0.144.